The van der Waals surface area contributed by atoms with Crippen LogP contribution in [0.5, 0.6) is 5.75 Å². The first-order chi connectivity index (χ1) is 11.3. The summed E-state index contributed by atoms with van der Waals surface area (Å²) in [5, 5.41) is 2.62. The van der Waals surface area contributed by atoms with Gasteiger partial charge in [0.25, 0.3) is 5.91 Å². The summed E-state index contributed by atoms with van der Waals surface area (Å²) in [5.41, 5.74) is 0.391. The molecule has 0 aromatic heterocycles. The molecule has 0 fully saturated rings. The van der Waals surface area contributed by atoms with Gasteiger partial charge in [0.05, 0.1) is 4.90 Å². The van der Waals surface area contributed by atoms with Gasteiger partial charge in [-0.3, -0.25) is 4.79 Å². The van der Waals surface area contributed by atoms with Crippen molar-refractivity contribution < 1.29 is 17.9 Å². The van der Waals surface area contributed by atoms with Crippen molar-refractivity contribution in [1.29, 1.82) is 0 Å². The van der Waals surface area contributed by atoms with E-state index in [1.54, 1.807) is 24.3 Å². The average Bonchev–Trinajstić information content (AvgIpc) is 2.54. The van der Waals surface area contributed by atoms with Crippen LogP contribution in [0.4, 0.5) is 5.69 Å². The fraction of sp³-hybridized carbons (Fsp3) is 0.188. The molecule has 8 heteroatoms. The van der Waals surface area contributed by atoms with Gasteiger partial charge in [-0.05, 0) is 42.5 Å². The van der Waals surface area contributed by atoms with Crippen LogP contribution < -0.4 is 10.1 Å². The van der Waals surface area contributed by atoms with Crippen LogP contribution in [0.3, 0.4) is 0 Å². The van der Waals surface area contributed by atoms with Crippen molar-refractivity contribution in [2.75, 3.05) is 26.0 Å². The lowest BCUT2D eigenvalue weighted by molar-refractivity contribution is -0.118. The van der Waals surface area contributed by atoms with E-state index in [0.29, 0.717) is 11.4 Å². The Hall–Kier alpha value is -1.90. The van der Waals surface area contributed by atoms with Crippen molar-refractivity contribution in [3.63, 3.8) is 0 Å². The number of rotatable bonds is 6. The van der Waals surface area contributed by atoms with Crippen LogP contribution in [0.2, 0.25) is 0 Å². The summed E-state index contributed by atoms with van der Waals surface area (Å²) < 4.78 is 31.6. The molecule has 128 valence electrons. The van der Waals surface area contributed by atoms with Gasteiger partial charge < -0.3 is 10.1 Å². The summed E-state index contributed by atoms with van der Waals surface area (Å²) in [7, 11) is -0.646. The van der Waals surface area contributed by atoms with Crippen LogP contribution in [-0.2, 0) is 14.8 Å². The van der Waals surface area contributed by atoms with Gasteiger partial charge in [-0.15, -0.1) is 0 Å². The molecule has 0 aliphatic carbocycles. The highest BCUT2D eigenvalue weighted by atomic mass is 79.9. The highest BCUT2D eigenvalue weighted by Gasteiger charge is 2.17. The molecule has 0 aliphatic rings. The standard InChI is InChI=1S/C16H17BrN2O4S/c1-19(2)24(21,22)15-5-3-4-13(10-15)18-16(20)11-23-14-8-6-12(17)7-9-14/h3-10H,11H2,1-2H3,(H,18,20). The zero-order valence-corrected chi connectivity index (χ0v) is 15.6. The summed E-state index contributed by atoms with van der Waals surface area (Å²) in [6.07, 6.45) is 0. The molecule has 0 saturated carbocycles. The van der Waals surface area contributed by atoms with Gasteiger partial charge in [-0.2, -0.15) is 0 Å². The smallest absolute Gasteiger partial charge is 0.262 e. The Balaban J connectivity index is 2.00. The molecule has 1 amide bonds. The van der Waals surface area contributed by atoms with Crippen LogP contribution in [0, 0.1) is 0 Å². The third-order valence-corrected chi connectivity index (χ3v) is 5.42. The van der Waals surface area contributed by atoms with Crippen LogP contribution in [0.15, 0.2) is 57.9 Å². The maximum atomic E-state index is 12.1. The highest BCUT2D eigenvalue weighted by Crippen LogP contribution is 2.18. The summed E-state index contributed by atoms with van der Waals surface area (Å²) >= 11 is 3.32. The minimum Gasteiger partial charge on any atom is -0.484 e. The minimum absolute atomic E-state index is 0.110. The molecule has 0 saturated heterocycles. The van der Waals surface area contributed by atoms with Gasteiger partial charge in [0.1, 0.15) is 5.75 Å². The first-order valence-corrected chi connectivity index (χ1v) is 9.23. The predicted octanol–water partition coefficient (Wildman–Crippen LogP) is 2.72. The van der Waals surface area contributed by atoms with Crippen LogP contribution >= 0.6 is 15.9 Å². The Morgan fingerprint density at radius 3 is 2.46 bits per heavy atom. The van der Waals surface area contributed by atoms with Gasteiger partial charge in [0.2, 0.25) is 10.0 Å². The molecule has 2 rings (SSSR count). The number of carbonyl (C=O) groups is 1. The molecule has 0 unspecified atom stereocenters. The lowest BCUT2D eigenvalue weighted by Gasteiger charge is -2.13. The molecule has 1 N–H and O–H groups in total. The Labute approximate surface area is 149 Å². The summed E-state index contributed by atoms with van der Waals surface area (Å²) in [6, 6.07) is 13.2. The minimum atomic E-state index is -3.55. The Morgan fingerprint density at radius 1 is 1.17 bits per heavy atom. The number of nitrogens with zero attached hydrogens (tertiary/aromatic N) is 1. The second-order valence-corrected chi connectivity index (χ2v) is 8.17. The average molecular weight is 413 g/mol. The van der Waals surface area contributed by atoms with Crippen LogP contribution in [0.1, 0.15) is 0 Å². The number of nitrogens with one attached hydrogen (secondary N) is 1. The molecule has 0 aliphatic heterocycles. The Morgan fingerprint density at radius 2 is 1.83 bits per heavy atom. The second-order valence-electron chi connectivity index (χ2n) is 5.11. The number of halogens is 1. The number of carbonyl (C=O) groups excluding carboxylic acids is 1. The zero-order chi connectivity index (χ0) is 17.7. The maximum absolute atomic E-state index is 12.1. The molecule has 2 aromatic carbocycles. The molecule has 24 heavy (non-hydrogen) atoms. The van der Waals surface area contributed by atoms with Crippen LogP contribution in [0.25, 0.3) is 0 Å². The third kappa shape index (κ3) is 4.80. The number of anilines is 1. The zero-order valence-electron chi connectivity index (χ0n) is 13.2. The second kappa shape index (κ2) is 7.78. The lowest BCUT2D eigenvalue weighted by atomic mass is 10.3. The van der Waals surface area contributed by atoms with E-state index in [1.807, 2.05) is 12.1 Å². The maximum Gasteiger partial charge on any atom is 0.262 e. The van der Waals surface area contributed by atoms with E-state index < -0.39 is 10.0 Å². The van der Waals surface area contributed by atoms with Gasteiger partial charge in [0, 0.05) is 24.3 Å². The summed E-state index contributed by atoms with van der Waals surface area (Å²) in [4.78, 5) is 12.1. The quantitative estimate of drug-likeness (QED) is 0.790. The molecule has 0 bridgehead atoms. The van der Waals surface area contributed by atoms with E-state index in [4.69, 9.17) is 4.74 Å². The molecule has 2 aromatic rings. The van der Waals surface area contributed by atoms with E-state index in [2.05, 4.69) is 21.2 Å². The van der Waals surface area contributed by atoms with Crippen molar-refractivity contribution in [3.05, 3.63) is 53.0 Å². The largest absolute Gasteiger partial charge is 0.484 e. The van der Waals surface area contributed by atoms with E-state index >= 15 is 0 Å². The Bertz CT molecular complexity index is 820. The van der Waals surface area contributed by atoms with Crippen molar-refractivity contribution in [1.82, 2.24) is 4.31 Å². The topological polar surface area (TPSA) is 75.7 Å². The van der Waals surface area contributed by atoms with Crippen molar-refractivity contribution in [2.24, 2.45) is 0 Å². The molecule has 0 spiro atoms. The van der Waals surface area contributed by atoms with Gasteiger partial charge in [-0.25, -0.2) is 12.7 Å². The van der Waals surface area contributed by atoms with Crippen molar-refractivity contribution in [2.45, 2.75) is 4.90 Å². The Kier molecular flexibility index (Phi) is 5.98. The molecular formula is C16H17BrN2O4S. The monoisotopic (exact) mass is 412 g/mol. The van der Waals surface area contributed by atoms with Crippen molar-refractivity contribution >= 4 is 37.5 Å². The third-order valence-electron chi connectivity index (χ3n) is 3.08. The van der Waals surface area contributed by atoms with Gasteiger partial charge in [-0.1, -0.05) is 22.0 Å². The van der Waals surface area contributed by atoms with E-state index in [0.717, 1.165) is 8.78 Å². The normalized spacial score (nSPS) is 11.3. The first kappa shape index (κ1) is 18.4. The molecule has 0 heterocycles. The van der Waals surface area contributed by atoms with Gasteiger partial charge >= 0.3 is 0 Å². The number of amides is 1. The predicted molar refractivity (Wildman–Crippen MR) is 95.6 cm³/mol. The molecule has 0 atom stereocenters. The summed E-state index contributed by atoms with van der Waals surface area (Å²) in [5.74, 6) is 0.189. The molecule has 6 nitrogen and oxygen atoms in total. The highest BCUT2D eigenvalue weighted by molar-refractivity contribution is 9.10. The van der Waals surface area contributed by atoms with Crippen LogP contribution in [-0.4, -0.2) is 39.3 Å². The first-order valence-electron chi connectivity index (χ1n) is 7.00. The van der Waals surface area contributed by atoms with E-state index in [1.165, 1.54) is 26.2 Å². The van der Waals surface area contributed by atoms with Gasteiger partial charge in [0.15, 0.2) is 6.61 Å². The number of benzene rings is 2. The summed E-state index contributed by atoms with van der Waals surface area (Å²) in [6.45, 7) is -0.174. The fourth-order valence-corrected chi connectivity index (χ4v) is 3.03. The van der Waals surface area contributed by atoms with E-state index in [9.17, 15) is 13.2 Å². The number of hydrogen-bond acceptors (Lipinski definition) is 4. The SMILES string of the molecule is CN(C)S(=O)(=O)c1cccc(NC(=O)COc2ccc(Br)cc2)c1. The number of sulfonamides is 1. The number of ether oxygens (including phenoxy) is 1. The fourth-order valence-electron chi connectivity index (χ4n) is 1.82. The van der Waals surface area contributed by atoms with E-state index in [-0.39, 0.29) is 17.4 Å². The lowest BCUT2D eigenvalue weighted by Crippen LogP contribution is -2.23. The number of hydrogen-bond donors (Lipinski definition) is 1. The van der Waals surface area contributed by atoms with Crippen molar-refractivity contribution in [3.8, 4) is 5.75 Å². The molecular weight excluding hydrogens is 396 g/mol. The molecule has 0 radical (unpaired) electrons.